The van der Waals surface area contributed by atoms with Crippen LogP contribution < -0.4 is 0 Å². The highest BCUT2D eigenvalue weighted by molar-refractivity contribution is 9.11. The number of aliphatic hydroxyl groups is 1. The number of hydrogen-bond acceptors (Lipinski definition) is 1. The fraction of sp³-hybridized carbons (Fsp3) is 0.429. The third kappa shape index (κ3) is 5.80. The zero-order valence-corrected chi connectivity index (χ0v) is 7.27. The van der Waals surface area contributed by atoms with Gasteiger partial charge in [0.25, 0.3) is 0 Å². The Morgan fingerprint density at radius 2 is 2.11 bits per heavy atom. The lowest BCUT2D eigenvalue weighted by molar-refractivity contribution is 0.133. The van der Waals surface area contributed by atoms with Crippen LogP contribution in [0.5, 0.6) is 0 Å². The fourth-order valence-corrected chi connectivity index (χ4v) is 0.957. The quantitative estimate of drug-likeness (QED) is 0.663. The van der Waals surface area contributed by atoms with Crippen molar-refractivity contribution in [3.05, 3.63) is 23.2 Å². The van der Waals surface area contributed by atoms with Gasteiger partial charge < -0.3 is 5.11 Å². The SMILES string of the molecule is C=C/C(Br)=C/C(C)(C)O. The molecule has 0 aliphatic carbocycles. The lowest BCUT2D eigenvalue weighted by Gasteiger charge is -2.10. The van der Waals surface area contributed by atoms with E-state index in [2.05, 4.69) is 22.5 Å². The minimum Gasteiger partial charge on any atom is -0.386 e. The van der Waals surface area contributed by atoms with Gasteiger partial charge in [0.15, 0.2) is 0 Å². The monoisotopic (exact) mass is 190 g/mol. The molecule has 0 unspecified atom stereocenters. The highest BCUT2D eigenvalue weighted by atomic mass is 79.9. The van der Waals surface area contributed by atoms with Crippen molar-refractivity contribution >= 4 is 15.9 Å². The highest BCUT2D eigenvalue weighted by Crippen LogP contribution is 2.12. The predicted molar refractivity (Wildman–Crippen MR) is 43.5 cm³/mol. The molecule has 9 heavy (non-hydrogen) atoms. The van der Waals surface area contributed by atoms with Gasteiger partial charge in [-0.25, -0.2) is 0 Å². The Morgan fingerprint density at radius 3 is 2.22 bits per heavy atom. The molecular formula is C7H11BrO. The van der Waals surface area contributed by atoms with Gasteiger partial charge in [-0.2, -0.15) is 0 Å². The topological polar surface area (TPSA) is 20.2 Å². The van der Waals surface area contributed by atoms with Crippen molar-refractivity contribution in [1.29, 1.82) is 0 Å². The second kappa shape index (κ2) is 3.18. The molecule has 0 atom stereocenters. The third-order valence-corrected chi connectivity index (χ3v) is 1.24. The minimum absolute atomic E-state index is 0.757. The molecule has 2 heteroatoms. The van der Waals surface area contributed by atoms with Gasteiger partial charge in [0.2, 0.25) is 0 Å². The first kappa shape index (κ1) is 8.92. The van der Waals surface area contributed by atoms with Gasteiger partial charge >= 0.3 is 0 Å². The molecule has 0 bridgehead atoms. The summed E-state index contributed by atoms with van der Waals surface area (Å²) in [4.78, 5) is 0. The van der Waals surface area contributed by atoms with Crippen LogP contribution in [0.3, 0.4) is 0 Å². The number of rotatable bonds is 2. The van der Waals surface area contributed by atoms with Crippen LogP contribution in [-0.2, 0) is 0 Å². The Balaban J connectivity index is 4.11. The first-order valence-corrected chi connectivity index (χ1v) is 3.48. The summed E-state index contributed by atoms with van der Waals surface area (Å²) in [5, 5.41) is 9.16. The lowest BCUT2D eigenvalue weighted by Crippen LogP contribution is -2.13. The van der Waals surface area contributed by atoms with E-state index in [4.69, 9.17) is 5.11 Å². The third-order valence-electron chi connectivity index (χ3n) is 0.686. The summed E-state index contributed by atoms with van der Waals surface area (Å²) in [6.45, 7) is 6.93. The molecule has 0 aliphatic heterocycles. The van der Waals surface area contributed by atoms with Crippen molar-refractivity contribution in [3.8, 4) is 0 Å². The molecule has 1 N–H and O–H groups in total. The number of halogens is 1. The maximum Gasteiger partial charge on any atom is 0.0785 e. The molecule has 0 saturated heterocycles. The zero-order valence-electron chi connectivity index (χ0n) is 5.69. The van der Waals surface area contributed by atoms with Gasteiger partial charge in [0.1, 0.15) is 0 Å². The van der Waals surface area contributed by atoms with E-state index >= 15 is 0 Å². The average molecular weight is 191 g/mol. The van der Waals surface area contributed by atoms with E-state index in [1.54, 1.807) is 26.0 Å². The van der Waals surface area contributed by atoms with Crippen LogP contribution in [0.25, 0.3) is 0 Å². The summed E-state index contributed by atoms with van der Waals surface area (Å²) >= 11 is 3.20. The van der Waals surface area contributed by atoms with Gasteiger partial charge in [0, 0.05) is 4.48 Å². The Morgan fingerprint density at radius 1 is 1.67 bits per heavy atom. The molecular weight excluding hydrogens is 180 g/mol. The van der Waals surface area contributed by atoms with Crippen molar-refractivity contribution in [3.63, 3.8) is 0 Å². The molecule has 1 nitrogen and oxygen atoms in total. The second-order valence-corrected chi connectivity index (χ2v) is 3.30. The minimum atomic E-state index is -0.757. The van der Waals surface area contributed by atoms with Crippen LogP contribution >= 0.6 is 15.9 Å². The maximum atomic E-state index is 9.16. The van der Waals surface area contributed by atoms with E-state index in [0.29, 0.717) is 0 Å². The largest absolute Gasteiger partial charge is 0.386 e. The molecule has 0 fully saturated rings. The molecule has 0 aromatic rings. The normalized spacial score (nSPS) is 13.6. The molecule has 0 aromatic heterocycles. The second-order valence-electron chi connectivity index (χ2n) is 2.39. The summed E-state index contributed by atoms with van der Waals surface area (Å²) in [5.41, 5.74) is -0.757. The summed E-state index contributed by atoms with van der Waals surface area (Å²) in [5.74, 6) is 0. The number of allylic oxidation sites excluding steroid dienone is 2. The van der Waals surface area contributed by atoms with Gasteiger partial charge in [0.05, 0.1) is 5.60 Å². The Bertz CT molecular complexity index is 130. The molecule has 0 spiro atoms. The molecule has 0 rings (SSSR count). The summed E-state index contributed by atoms with van der Waals surface area (Å²) < 4.78 is 0.815. The smallest absolute Gasteiger partial charge is 0.0785 e. The van der Waals surface area contributed by atoms with Crippen molar-refractivity contribution in [2.45, 2.75) is 19.4 Å². The van der Waals surface area contributed by atoms with Crippen LogP contribution in [0.4, 0.5) is 0 Å². The molecule has 0 amide bonds. The Hall–Kier alpha value is -0.0800. The van der Waals surface area contributed by atoms with E-state index in [9.17, 15) is 0 Å². The van der Waals surface area contributed by atoms with E-state index in [-0.39, 0.29) is 0 Å². The molecule has 0 saturated carbocycles. The first-order valence-electron chi connectivity index (χ1n) is 2.69. The molecule has 0 aliphatic rings. The average Bonchev–Trinajstić information content (AvgIpc) is 1.62. The predicted octanol–water partition coefficient (Wildman–Crippen LogP) is 2.22. The van der Waals surface area contributed by atoms with Crippen LogP contribution in [0, 0.1) is 0 Å². The van der Waals surface area contributed by atoms with Crippen molar-refractivity contribution in [1.82, 2.24) is 0 Å². The summed E-state index contributed by atoms with van der Waals surface area (Å²) in [7, 11) is 0. The van der Waals surface area contributed by atoms with E-state index < -0.39 is 5.60 Å². The first-order chi connectivity index (χ1) is 3.95. The molecule has 0 aromatic carbocycles. The number of hydrogen-bond donors (Lipinski definition) is 1. The van der Waals surface area contributed by atoms with Crippen molar-refractivity contribution in [2.75, 3.05) is 0 Å². The van der Waals surface area contributed by atoms with Crippen LogP contribution in [0.15, 0.2) is 23.2 Å². The van der Waals surface area contributed by atoms with E-state index in [1.165, 1.54) is 0 Å². The van der Waals surface area contributed by atoms with Crippen LogP contribution in [0.2, 0.25) is 0 Å². The molecule has 0 radical (unpaired) electrons. The Kier molecular flexibility index (Phi) is 3.15. The highest BCUT2D eigenvalue weighted by Gasteiger charge is 2.06. The van der Waals surface area contributed by atoms with Crippen LogP contribution in [0.1, 0.15) is 13.8 Å². The molecule has 0 heterocycles. The van der Waals surface area contributed by atoms with Crippen molar-refractivity contribution < 1.29 is 5.11 Å². The lowest BCUT2D eigenvalue weighted by atomic mass is 10.1. The summed E-state index contributed by atoms with van der Waals surface area (Å²) in [6.07, 6.45) is 3.32. The summed E-state index contributed by atoms with van der Waals surface area (Å²) in [6, 6.07) is 0. The van der Waals surface area contributed by atoms with Gasteiger partial charge in [-0.1, -0.05) is 28.6 Å². The maximum absolute atomic E-state index is 9.16. The van der Waals surface area contributed by atoms with E-state index in [0.717, 1.165) is 4.48 Å². The van der Waals surface area contributed by atoms with Gasteiger partial charge in [-0.3, -0.25) is 0 Å². The fourth-order valence-electron chi connectivity index (χ4n) is 0.396. The van der Waals surface area contributed by atoms with Crippen LogP contribution in [-0.4, -0.2) is 10.7 Å². The van der Waals surface area contributed by atoms with Crippen molar-refractivity contribution in [2.24, 2.45) is 0 Å². The standard InChI is InChI=1S/C7H11BrO/c1-4-6(8)5-7(2,3)9/h4-5,9H,1H2,2-3H3/b6-5-. The van der Waals surface area contributed by atoms with Gasteiger partial charge in [-0.05, 0) is 19.9 Å². The Labute approximate surface area is 64.2 Å². The van der Waals surface area contributed by atoms with Gasteiger partial charge in [-0.15, -0.1) is 0 Å². The molecule has 52 valence electrons. The zero-order chi connectivity index (χ0) is 7.49. The van der Waals surface area contributed by atoms with E-state index in [1.807, 2.05) is 0 Å².